The third kappa shape index (κ3) is 2.72. The lowest BCUT2D eigenvalue weighted by Crippen LogP contribution is -2.24. The molecule has 0 aromatic heterocycles. The van der Waals surface area contributed by atoms with Gasteiger partial charge in [0, 0.05) is 13.5 Å². The molecule has 1 fully saturated rings. The van der Waals surface area contributed by atoms with Crippen molar-refractivity contribution in [3.05, 3.63) is 35.9 Å². The fourth-order valence-corrected chi connectivity index (χ4v) is 2.07. The number of benzene rings is 1. The first-order chi connectivity index (χ1) is 8.69. The van der Waals surface area contributed by atoms with Crippen LogP contribution in [-0.2, 0) is 19.7 Å². The zero-order valence-electron chi connectivity index (χ0n) is 11.0. The van der Waals surface area contributed by atoms with E-state index in [9.17, 15) is 4.79 Å². The van der Waals surface area contributed by atoms with Gasteiger partial charge in [-0.15, -0.1) is 0 Å². The summed E-state index contributed by atoms with van der Waals surface area (Å²) >= 11 is 0. The van der Waals surface area contributed by atoms with Crippen LogP contribution < -0.4 is 0 Å². The number of methoxy groups -OCH3 is 1. The molecule has 0 bridgehead atoms. The minimum atomic E-state index is -0.364. The SMILES string of the molecule is CO[C@H](C)CCOC(=O)C1(c2ccccc2)CC1. The van der Waals surface area contributed by atoms with Gasteiger partial charge >= 0.3 is 5.97 Å². The molecule has 0 aliphatic heterocycles. The van der Waals surface area contributed by atoms with E-state index in [0.717, 1.165) is 24.8 Å². The first-order valence-corrected chi connectivity index (χ1v) is 6.44. The quantitative estimate of drug-likeness (QED) is 0.726. The topological polar surface area (TPSA) is 35.5 Å². The highest BCUT2D eigenvalue weighted by molar-refractivity contribution is 5.86. The molecule has 18 heavy (non-hydrogen) atoms. The maximum atomic E-state index is 12.1. The molecule has 1 aliphatic rings. The molecule has 1 saturated carbocycles. The second-order valence-electron chi connectivity index (χ2n) is 4.92. The molecule has 98 valence electrons. The van der Waals surface area contributed by atoms with Gasteiger partial charge in [-0.05, 0) is 25.3 Å². The van der Waals surface area contributed by atoms with Crippen LogP contribution in [0.2, 0.25) is 0 Å². The molecule has 0 amide bonds. The van der Waals surface area contributed by atoms with Crippen molar-refractivity contribution in [2.24, 2.45) is 0 Å². The Labute approximate surface area is 108 Å². The van der Waals surface area contributed by atoms with Gasteiger partial charge in [0.25, 0.3) is 0 Å². The Morgan fingerprint density at radius 2 is 2.00 bits per heavy atom. The van der Waals surface area contributed by atoms with Gasteiger partial charge in [-0.2, -0.15) is 0 Å². The highest BCUT2D eigenvalue weighted by Gasteiger charge is 2.52. The fraction of sp³-hybridized carbons (Fsp3) is 0.533. The molecule has 0 heterocycles. The number of ether oxygens (including phenoxy) is 2. The smallest absolute Gasteiger partial charge is 0.316 e. The summed E-state index contributed by atoms with van der Waals surface area (Å²) in [4.78, 5) is 12.1. The zero-order valence-corrected chi connectivity index (χ0v) is 11.0. The van der Waals surface area contributed by atoms with E-state index in [-0.39, 0.29) is 17.5 Å². The van der Waals surface area contributed by atoms with Crippen LogP contribution >= 0.6 is 0 Å². The predicted octanol–water partition coefficient (Wildman–Crippen LogP) is 2.69. The molecular formula is C15H20O3. The van der Waals surface area contributed by atoms with Crippen LogP contribution in [0.15, 0.2) is 30.3 Å². The van der Waals surface area contributed by atoms with E-state index >= 15 is 0 Å². The average molecular weight is 248 g/mol. The van der Waals surface area contributed by atoms with Crippen molar-refractivity contribution in [3.63, 3.8) is 0 Å². The Morgan fingerprint density at radius 3 is 2.56 bits per heavy atom. The summed E-state index contributed by atoms with van der Waals surface area (Å²) in [5, 5.41) is 0. The van der Waals surface area contributed by atoms with Crippen LogP contribution in [0.5, 0.6) is 0 Å². The van der Waals surface area contributed by atoms with Gasteiger partial charge in [-0.3, -0.25) is 4.79 Å². The Morgan fingerprint density at radius 1 is 1.33 bits per heavy atom. The van der Waals surface area contributed by atoms with Crippen molar-refractivity contribution in [2.45, 2.75) is 37.7 Å². The Hall–Kier alpha value is -1.35. The van der Waals surface area contributed by atoms with E-state index in [1.807, 2.05) is 37.3 Å². The molecule has 3 nitrogen and oxygen atoms in total. The molecule has 0 radical (unpaired) electrons. The maximum absolute atomic E-state index is 12.1. The first-order valence-electron chi connectivity index (χ1n) is 6.44. The number of hydrogen-bond acceptors (Lipinski definition) is 3. The summed E-state index contributed by atoms with van der Waals surface area (Å²) in [7, 11) is 1.67. The number of carbonyl (C=O) groups excluding carboxylic acids is 1. The normalized spacial score (nSPS) is 18.1. The second kappa shape index (κ2) is 5.53. The van der Waals surface area contributed by atoms with E-state index in [1.165, 1.54) is 0 Å². The van der Waals surface area contributed by atoms with E-state index in [4.69, 9.17) is 9.47 Å². The van der Waals surface area contributed by atoms with Crippen LogP contribution in [0, 0.1) is 0 Å². The summed E-state index contributed by atoms with van der Waals surface area (Å²) < 4.78 is 10.5. The standard InChI is InChI=1S/C15H20O3/c1-12(17-2)8-11-18-14(16)15(9-10-15)13-6-4-3-5-7-13/h3-7,12H,8-11H2,1-2H3/t12-/m1/s1. The molecule has 2 rings (SSSR count). The molecule has 0 unspecified atom stereocenters. The van der Waals surface area contributed by atoms with Crippen LogP contribution in [0.1, 0.15) is 31.7 Å². The van der Waals surface area contributed by atoms with E-state index in [1.54, 1.807) is 7.11 Å². The van der Waals surface area contributed by atoms with Crippen molar-refractivity contribution < 1.29 is 14.3 Å². The van der Waals surface area contributed by atoms with Crippen molar-refractivity contribution >= 4 is 5.97 Å². The molecule has 0 saturated heterocycles. The highest BCUT2D eigenvalue weighted by atomic mass is 16.5. The highest BCUT2D eigenvalue weighted by Crippen LogP contribution is 2.49. The summed E-state index contributed by atoms with van der Waals surface area (Å²) in [5.41, 5.74) is 0.715. The molecule has 1 aliphatic carbocycles. The lowest BCUT2D eigenvalue weighted by atomic mass is 9.96. The van der Waals surface area contributed by atoms with Gasteiger partial charge in [0.05, 0.1) is 18.1 Å². The van der Waals surface area contributed by atoms with Gasteiger partial charge in [0.15, 0.2) is 0 Å². The van der Waals surface area contributed by atoms with E-state index < -0.39 is 0 Å². The fourth-order valence-electron chi connectivity index (χ4n) is 2.07. The summed E-state index contributed by atoms with van der Waals surface area (Å²) in [6.07, 6.45) is 2.67. The lowest BCUT2D eigenvalue weighted by Gasteiger charge is -2.16. The second-order valence-corrected chi connectivity index (χ2v) is 4.92. The van der Waals surface area contributed by atoms with Crippen molar-refractivity contribution in [1.29, 1.82) is 0 Å². The average Bonchev–Trinajstić information content (AvgIpc) is 3.21. The van der Waals surface area contributed by atoms with E-state index in [2.05, 4.69) is 0 Å². The van der Waals surface area contributed by atoms with Gasteiger partial charge in [-0.1, -0.05) is 30.3 Å². The molecular weight excluding hydrogens is 228 g/mol. The van der Waals surface area contributed by atoms with Gasteiger partial charge in [-0.25, -0.2) is 0 Å². The van der Waals surface area contributed by atoms with Crippen molar-refractivity contribution in [2.75, 3.05) is 13.7 Å². The van der Waals surface area contributed by atoms with Gasteiger partial charge in [0.1, 0.15) is 0 Å². The van der Waals surface area contributed by atoms with Crippen LogP contribution in [0.4, 0.5) is 0 Å². The zero-order chi connectivity index (χ0) is 13.0. The predicted molar refractivity (Wildman–Crippen MR) is 69.4 cm³/mol. The number of esters is 1. The van der Waals surface area contributed by atoms with Crippen molar-refractivity contribution in [1.82, 2.24) is 0 Å². The Balaban J connectivity index is 1.90. The summed E-state index contributed by atoms with van der Waals surface area (Å²) in [6.45, 7) is 2.40. The number of carbonyl (C=O) groups is 1. The van der Waals surface area contributed by atoms with E-state index in [0.29, 0.717) is 6.61 Å². The molecule has 1 atom stereocenters. The maximum Gasteiger partial charge on any atom is 0.316 e. The Bertz CT molecular complexity index is 395. The monoisotopic (exact) mass is 248 g/mol. The summed E-state index contributed by atoms with van der Waals surface area (Å²) in [6, 6.07) is 9.91. The third-order valence-electron chi connectivity index (χ3n) is 3.63. The molecule has 1 aromatic carbocycles. The minimum Gasteiger partial charge on any atom is -0.465 e. The number of hydrogen-bond donors (Lipinski definition) is 0. The summed E-state index contributed by atoms with van der Waals surface area (Å²) in [5.74, 6) is -0.0861. The molecule has 3 heteroatoms. The van der Waals surface area contributed by atoms with Crippen LogP contribution in [0.25, 0.3) is 0 Å². The van der Waals surface area contributed by atoms with Crippen LogP contribution in [0.3, 0.4) is 0 Å². The lowest BCUT2D eigenvalue weighted by molar-refractivity contribution is -0.147. The molecule has 1 aromatic rings. The number of rotatable bonds is 6. The van der Waals surface area contributed by atoms with Gasteiger partial charge < -0.3 is 9.47 Å². The largest absolute Gasteiger partial charge is 0.465 e. The first kappa shape index (κ1) is 13.1. The third-order valence-corrected chi connectivity index (χ3v) is 3.63. The van der Waals surface area contributed by atoms with Crippen molar-refractivity contribution in [3.8, 4) is 0 Å². The van der Waals surface area contributed by atoms with Crippen LogP contribution in [-0.4, -0.2) is 25.8 Å². The molecule has 0 N–H and O–H groups in total. The molecule has 0 spiro atoms. The minimum absolute atomic E-state index is 0.0861. The Kier molecular flexibility index (Phi) is 4.02. The van der Waals surface area contributed by atoms with Gasteiger partial charge in [0.2, 0.25) is 0 Å².